The fourth-order valence-electron chi connectivity index (χ4n) is 1.13. The second-order valence-corrected chi connectivity index (χ2v) is 2.50. The van der Waals surface area contributed by atoms with E-state index in [4.69, 9.17) is 5.73 Å². The van der Waals surface area contributed by atoms with Crippen molar-refractivity contribution in [2.45, 2.75) is 0 Å². The molecule has 2 rings (SSSR count). The van der Waals surface area contributed by atoms with Gasteiger partial charge in [-0.3, -0.25) is 9.78 Å². The number of pyridine rings is 1. The van der Waals surface area contributed by atoms with Gasteiger partial charge in [-0.2, -0.15) is 0 Å². The first kappa shape index (κ1) is 7.53. The summed E-state index contributed by atoms with van der Waals surface area (Å²) in [5, 5.41) is 13.2. The number of nitrogens with two attached hydrogens (primary N) is 1. The summed E-state index contributed by atoms with van der Waals surface area (Å²) in [5.41, 5.74) is 5.46. The van der Waals surface area contributed by atoms with Crippen LogP contribution in [0.15, 0.2) is 18.5 Å². The molecule has 0 bridgehead atoms. The average molecular weight is 178 g/mol. The van der Waals surface area contributed by atoms with Crippen molar-refractivity contribution in [2.24, 2.45) is 5.73 Å². The van der Waals surface area contributed by atoms with E-state index in [1.54, 1.807) is 0 Å². The summed E-state index contributed by atoms with van der Waals surface area (Å²) >= 11 is 0. The van der Waals surface area contributed by atoms with Crippen LogP contribution in [0.5, 0.6) is 0 Å². The second kappa shape index (κ2) is 2.44. The highest BCUT2D eigenvalue weighted by Crippen LogP contribution is 2.14. The first-order chi connectivity index (χ1) is 6.20. The van der Waals surface area contributed by atoms with E-state index < -0.39 is 5.91 Å². The number of fused-ring (bicyclic) bond motifs is 1. The summed E-state index contributed by atoms with van der Waals surface area (Å²) in [5.74, 6) is -0.689. The molecule has 66 valence electrons. The molecule has 13 heavy (non-hydrogen) atoms. The van der Waals surface area contributed by atoms with Gasteiger partial charge in [-0.1, -0.05) is 0 Å². The number of primary amides is 1. The first-order valence-electron chi connectivity index (χ1n) is 3.52. The average Bonchev–Trinajstić information content (AvgIpc) is 2.45. The van der Waals surface area contributed by atoms with E-state index in [9.17, 15) is 10.0 Å². The minimum atomic E-state index is -0.689. The minimum Gasteiger partial charge on any atom is -0.411 e. The molecule has 0 radical (unpaired) electrons. The summed E-state index contributed by atoms with van der Waals surface area (Å²) in [6, 6.07) is 1.54. The Kier molecular flexibility index (Phi) is 1.42. The molecule has 0 aromatic carbocycles. The molecule has 0 spiro atoms. The van der Waals surface area contributed by atoms with E-state index in [2.05, 4.69) is 10.1 Å². The lowest BCUT2D eigenvalue weighted by Crippen LogP contribution is -2.12. The maximum absolute atomic E-state index is 10.8. The Labute approximate surface area is 72.6 Å². The number of carbonyl (C=O) groups excluding carboxylic acids is 1. The summed E-state index contributed by atoms with van der Waals surface area (Å²) in [6.45, 7) is 0. The third-order valence-electron chi connectivity index (χ3n) is 1.70. The molecule has 2 heterocycles. The highest BCUT2D eigenvalue weighted by atomic mass is 16.5. The molecule has 0 aliphatic rings. The quantitative estimate of drug-likeness (QED) is 0.589. The van der Waals surface area contributed by atoms with Crippen LogP contribution in [0.4, 0.5) is 0 Å². The Balaban J connectivity index is 2.85. The van der Waals surface area contributed by atoms with Crippen molar-refractivity contribution >= 4 is 16.8 Å². The third kappa shape index (κ3) is 0.994. The largest absolute Gasteiger partial charge is 0.411 e. The zero-order valence-electron chi connectivity index (χ0n) is 6.51. The molecule has 1 amide bonds. The lowest BCUT2D eigenvalue weighted by Gasteiger charge is -1.88. The van der Waals surface area contributed by atoms with Gasteiger partial charge in [0, 0.05) is 12.4 Å². The Morgan fingerprint density at radius 2 is 2.38 bits per heavy atom. The van der Waals surface area contributed by atoms with Crippen molar-refractivity contribution in [3.63, 3.8) is 0 Å². The minimum absolute atomic E-state index is 0.0191. The number of rotatable bonds is 1. The van der Waals surface area contributed by atoms with Gasteiger partial charge in [-0.15, -0.1) is 9.94 Å². The SMILES string of the molecule is NC(=O)c1nn(O)c2ccncc12. The summed E-state index contributed by atoms with van der Waals surface area (Å²) < 4.78 is 0. The zero-order chi connectivity index (χ0) is 9.42. The van der Waals surface area contributed by atoms with Gasteiger partial charge < -0.3 is 10.9 Å². The summed E-state index contributed by atoms with van der Waals surface area (Å²) in [7, 11) is 0. The highest BCUT2D eigenvalue weighted by Gasteiger charge is 2.13. The molecule has 0 aliphatic heterocycles. The van der Waals surface area contributed by atoms with E-state index in [-0.39, 0.29) is 5.69 Å². The van der Waals surface area contributed by atoms with Crippen LogP contribution in [-0.2, 0) is 0 Å². The predicted octanol–water partition coefficient (Wildman–Crippen LogP) is -0.233. The van der Waals surface area contributed by atoms with Crippen molar-refractivity contribution in [3.05, 3.63) is 24.2 Å². The van der Waals surface area contributed by atoms with Gasteiger partial charge in [0.05, 0.1) is 5.39 Å². The molecule has 2 aromatic heterocycles. The van der Waals surface area contributed by atoms with Gasteiger partial charge in [0.25, 0.3) is 5.91 Å². The van der Waals surface area contributed by atoms with E-state index in [1.165, 1.54) is 18.5 Å². The topological polar surface area (TPSA) is 94.0 Å². The Morgan fingerprint density at radius 3 is 3.08 bits per heavy atom. The van der Waals surface area contributed by atoms with E-state index >= 15 is 0 Å². The fraction of sp³-hybridized carbons (Fsp3) is 0. The van der Waals surface area contributed by atoms with Crippen molar-refractivity contribution < 1.29 is 10.0 Å². The van der Waals surface area contributed by atoms with Gasteiger partial charge in [-0.05, 0) is 6.07 Å². The van der Waals surface area contributed by atoms with Crippen molar-refractivity contribution in [1.82, 2.24) is 14.9 Å². The Bertz CT molecular complexity index is 476. The molecule has 0 saturated carbocycles. The van der Waals surface area contributed by atoms with Gasteiger partial charge in [0.1, 0.15) is 5.52 Å². The maximum atomic E-state index is 10.8. The first-order valence-corrected chi connectivity index (χ1v) is 3.52. The molecule has 0 aliphatic carbocycles. The zero-order valence-corrected chi connectivity index (χ0v) is 6.51. The Morgan fingerprint density at radius 1 is 1.62 bits per heavy atom. The highest BCUT2D eigenvalue weighted by molar-refractivity contribution is 6.03. The lowest BCUT2D eigenvalue weighted by atomic mass is 10.2. The smallest absolute Gasteiger partial charge is 0.270 e. The molecule has 0 unspecified atom stereocenters. The van der Waals surface area contributed by atoms with Crippen LogP contribution in [-0.4, -0.2) is 26.0 Å². The van der Waals surface area contributed by atoms with Crippen LogP contribution >= 0.6 is 0 Å². The Hall–Kier alpha value is -2.11. The molecule has 0 fully saturated rings. The van der Waals surface area contributed by atoms with E-state index in [1.807, 2.05) is 0 Å². The molecule has 0 saturated heterocycles. The van der Waals surface area contributed by atoms with Gasteiger partial charge in [-0.25, -0.2) is 0 Å². The number of amides is 1. The molecule has 6 heteroatoms. The van der Waals surface area contributed by atoms with Crippen LogP contribution in [0, 0.1) is 0 Å². The molecule has 2 aromatic rings. The predicted molar refractivity (Wildman–Crippen MR) is 43.2 cm³/mol. The number of hydrogen-bond acceptors (Lipinski definition) is 4. The third-order valence-corrected chi connectivity index (χ3v) is 1.70. The van der Waals surface area contributed by atoms with Gasteiger partial charge in [0.15, 0.2) is 5.69 Å². The van der Waals surface area contributed by atoms with Crippen molar-refractivity contribution in [2.75, 3.05) is 0 Å². The number of nitrogens with zero attached hydrogens (tertiary/aromatic N) is 3. The molecular weight excluding hydrogens is 172 g/mol. The standard InChI is InChI=1S/C7H6N4O2/c8-7(12)6-4-3-9-2-1-5(4)11(13)10-6/h1-3,13H,(H2,8,12). The van der Waals surface area contributed by atoms with Crippen LogP contribution in [0.3, 0.4) is 0 Å². The lowest BCUT2D eigenvalue weighted by molar-refractivity contribution is 0.0984. The van der Waals surface area contributed by atoms with Crippen LogP contribution < -0.4 is 5.73 Å². The van der Waals surface area contributed by atoms with Crippen LogP contribution in [0.1, 0.15) is 10.5 Å². The molecule has 0 atom stereocenters. The monoisotopic (exact) mass is 178 g/mol. The van der Waals surface area contributed by atoms with E-state index in [0.717, 1.165) is 0 Å². The number of carbonyl (C=O) groups is 1. The van der Waals surface area contributed by atoms with Crippen molar-refractivity contribution in [3.8, 4) is 0 Å². The fourth-order valence-corrected chi connectivity index (χ4v) is 1.13. The van der Waals surface area contributed by atoms with Crippen LogP contribution in [0.2, 0.25) is 0 Å². The summed E-state index contributed by atoms with van der Waals surface area (Å²) in [4.78, 5) is 15.2. The summed E-state index contributed by atoms with van der Waals surface area (Å²) in [6.07, 6.45) is 2.91. The van der Waals surface area contributed by atoms with Gasteiger partial charge in [0.2, 0.25) is 0 Å². The molecule has 3 N–H and O–H groups in total. The maximum Gasteiger partial charge on any atom is 0.270 e. The second-order valence-electron chi connectivity index (χ2n) is 2.50. The number of aromatic nitrogens is 3. The molecular formula is C7H6N4O2. The number of hydrogen-bond donors (Lipinski definition) is 2. The van der Waals surface area contributed by atoms with Crippen molar-refractivity contribution in [1.29, 1.82) is 0 Å². The normalized spacial score (nSPS) is 10.5. The molecule has 6 nitrogen and oxygen atoms in total. The van der Waals surface area contributed by atoms with E-state index in [0.29, 0.717) is 15.7 Å². The van der Waals surface area contributed by atoms with Gasteiger partial charge >= 0.3 is 0 Å². The van der Waals surface area contributed by atoms with Crippen LogP contribution in [0.25, 0.3) is 10.9 Å².